The van der Waals surface area contributed by atoms with Gasteiger partial charge in [0.15, 0.2) is 0 Å². The normalized spacial score (nSPS) is 10.5. The first-order valence-corrected chi connectivity index (χ1v) is 7.50. The zero-order valence-electron chi connectivity index (χ0n) is 11.8. The first-order chi connectivity index (χ1) is 9.69. The molecule has 0 bridgehead atoms. The van der Waals surface area contributed by atoms with Crippen LogP contribution in [0.25, 0.3) is 10.6 Å². The quantitative estimate of drug-likeness (QED) is 0.800. The van der Waals surface area contributed by atoms with E-state index >= 15 is 0 Å². The van der Waals surface area contributed by atoms with Gasteiger partial charge >= 0.3 is 0 Å². The summed E-state index contributed by atoms with van der Waals surface area (Å²) in [6.45, 7) is 3.48. The number of carbonyl (C=O) groups excluding carboxylic acids is 1. The van der Waals surface area contributed by atoms with E-state index in [4.69, 9.17) is 0 Å². The summed E-state index contributed by atoms with van der Waals surface area (Å²) in [5.41, 5.74) is 3.15. The summed E-state index contributed by atoms with van der Waals surface area (Å²) in [5.74, 6) is 0.0151. The number of carbonyl (C=O) groups is 1. The minimum absolute atomic E-state index is 0.0151. The third-order valence-corrected chi connectivity index (χ3v) is 3.80. The molecule has 0 aliphatic heterocycles. The van der Waals surface area contributed by atoms with E-state index in [2.05, 4.69) is 34.7 Å². The molecular formula is C15H19N3OS. The van der Waals surface area contributed by atoms with Crippen LogP contribution in [0.1, 0.15) is 11.3 Å². The Labute approximate surface area is 123 Å². The molecule has 5 heteroatoms. The van der Waals surface area contributed by atoms with E-state index in [1.54, 1.807) is 11.3 Å². The fraction of sp³-hybridized carbons (Fsp3) is 0.333. The molecule has 0 spiro atoms. The van der Waals surface area contributed by atoms with Gasteiger partial charge in [-0.1, -0.05) is 23.8 Å². The van der Waals surface area contributed by atoms with Crippen molar-refractivity contribution in [3.8, 4) is 10.6 Å². The summed E-state index contributed by atoms with van der Waals surface area (Å²) in [5, 5.41) is 8.76. The molecule has 0 aliphatic carbocycles. The fourth-order valence-corrected chi connectivity index (χ4v) is 2.67. The van der Waals surface area contributed by atoms with Gasteiger partial charge in [-0.05, 0) is 20.0 Å². The summed E-state index contributed by atoms with van der Waals surface area (Å²) in [6.07, 6.45) is 0.339. The summed E-state index contributed by atoms with van der Waals surface area (Å²) in [6, 6.07) is 8.24. The molecule has 0 atom stereocenters. The van der Waals surface area contributed by atoms with E-state index in [9.17, 15) is 4.79 Å². The molecule has 4 nitrogen and oxygen atoms in total. The summed E-state index contributed by atoms with van der Waals surface area (Å²) in [7, 11) is 1.86. The first-order valence-electron chi connectivity index (χ1n) is 6.62. The van der Waals surface area contributed by atoms with Crippen LogP contribution in [-0.4, -0.2) is 31.0 Å². The highest BCUT2D eigenvalue weighted by Crippen LogP contribution is 2.24. The van der Waals surface area contributed by atoms with Crippen LogP contribution >= 0.6 is 11.3 Å². The lowest BCUT2D eigenvalue weighted by Crippen LogP contribution is -2.31. The summed E-state index contributed by atoms with van der Waals surface area (Å²) in [4.78, 5) is 16.2. The van der Waals surface area contributed by atoms with Crippen molar-refractivity contribution in [2.75, 3.05) is 20.1 Å². The van der Waals surface area contributed by atoms with Crippen LogP contribution in [0.4, 0.5) is 0 Å². The van der Waals surface area contributed by atoms with Crippen LogP contribution in [0.5, 0.6) is 0 Å². The molecule has 0 unspecified atom stereocenters. The second-order valence-electron chi connectivity index (χ2n) is 4.64. The van der Waals surface area contributed by atoms with Gasteiger partial charge < -0.3 is 10.6 Å². The molecule has 0 saturated carbocycles. The highest BCUT2D eigenvalue weighted by Gasteiger charge is 2.08. The predicted molar refractivity (Wildman–Crippen MR) is 82.9 cm³/mol. The predicted octanol–water partition coefficient (Wildman–Crippen LogP) is 2.00. The van der Waals surface area contributed by atoms with E-state index in [1.807, 2.05) is 24.6 Å². The minimum Gasteiger partial charge on any atom is -0.354 e. The molecule has 1 aromatic heterocycles. The monoisotopic (exact) mass is 289 g/mol. The number of amides is 1. The Hall–Kier alpha value is -1.72. The minimum atomic E-state index is 0.0151. The number of hydrogen-bond acceptors (Lipinski definition) is 4. The number of aryl methyl sites for hydroxylation is 1. The number of rotatable bonds is 6. The van der Waals surface area contributed by atoms with Crippen molar-refractivity contribution in [2.45, 2.75) is 13.3 Å². The van der Waals surface area contributed by atoms with Crippen molar-refractivity contribution in [1.82, 2.24) is 15.6 Å². The molecule has 2 aromatic rings. The van der Waals surface area contributed by atoms with Crippen molar-refractivity contribution < 1.29 is 4.79 Å². The maximum absolute atomic E-state index is 11.7. The van der Waals surface area contributed by atoms with Crippen LogP contribution in [0, 0.1) is 6.92 Å². The molecule has 0 saturated heterocycles. The molecule has 106 valence electrons. The van der Waals surface area contributed by atoms with Gasteiger partial charge in [-0.3, -0.25) is 4.79 Å². The molecular weight excluding hydrogens is 270 g/mol. The molecule has 1 amide bonds. The Bertz CT molecular complexity index is 580. The zero-order valence-corrected chi connectivity index (χ0v) is 12.6. The van der Waals surface area contributed by atoms with Crippen molar-refractivity contribution in [3.05, 3.63) is 40.9 Å². The second kappa shape index (κ2) is 7.17. The lowest BCUT2D eigenvalue weighted by molar-refractivity contribution is -0.120. The van der Waals surface area contributed by atoms with Gasteiger partial charge in [-0.2, -0.15) is 0 Å². The van der Waals surface area contributed by atoms with Gasteiger partial charge in [0.2, 0.25) is 5.91 Å². The average molecular weight is 289 g/mol. The number of aromatic nitrogens is 1. The Morgan fingerprint density at radius 2 is 2.20 bits per heavy atom. The number of benzene rings is 1. The van der Waals surface area contributed by atoms with Crippen LogP contribution in [0.2, 0.25) is 0 Å². The van der Waals surface area contributed by atoms with Gasteiger partial charge in [0.1, 0.15) is 5.01 Å². The van der Waals surface area contributed by atoms with Crippen LogP contribution in [0.15, 0.2) is 29.6 Å². The molecule has 2 N–H and O–H groups in total. The topological polar surface area (TPSA) is 54.0 Å². The standard InChI is InChI=1S/C15H19N3OS/c1-11-4-3-5-12(8-11)15-18-13(10-20-15)9-14(19)17-7-6-16-2/h3-5,8,10,16H,6-7,9H2,1-2H3,(H,17,19). The summed E-state index contributed by atoms with van der Waals surface area (Å²) < 4.78 is 0. The maximum Gasteiger partial charge on any atom is 0.226 e. The largest absolute Gasteiger partial charge is 0.354 e. The number of likely N-dealkylation sites (N-methyl/N-ethyl adjacent to an activating group) is 1. The third-order valence-electron chi connectivity index (χ3n) is 2.86. The van der Waals surface area contributed by atoms with Crippen molar-refractivity contribution in [3.63, 3.8) is 0 Å². The molecule has 0 fully saturated rings. The fourth-order valence-electron chi connectivity index (χ4n) is 1.85. The van der Waals surface area contributed by atoms with E-state index in [-0.39, 0.29) is 5.91 Å². The number of nitrogens with zero attached hydrogens (tertiary/aromatic N) is 1. The lowest BCUT2D eigenvalue weighted by atomic mass is 10.1. The van der Waals surface area contributed by atoms with E-state index in [0.717, 1.165) is 22.8 Å². The average Bonchev–Trinajstić information content (AvgIpc) is 2.87. The van der Waals surface area contributed by atoms with Gasteiger partial charge in [-0.15, -0.1) is 11.3 Å². The number of nitrogens with one attached hydrogen (secondary N) is 2. The van der Waals surface area contributed by atoms with Crippen LogP contribution in [-0.2, 0) is 11.2 Å². The number of hydrogen-bond donors (Lipinski definition) is 2. The van der Waals surface area contributed by atoms with Crippen molar-refractivity contribution >= 4 is 17.2 Å². The SMILES string of the molecule is CNCCNC(=O)Cc1csc(-c2cccc(C)c2)n1. The zero-order chi connectivity index (χ0) is 14.4. The van der Waals surface area contributed by atoms with Crippen LogP contribution < -0.4 is 10.6 Å². The highest BCUT2D eigenvalue weighted by molar-refractivity contribution is 7.13. The van der Waals surface area contributed by atoms with Crippen molar-refractivity contribution in [1.29, 1.82) is 0 Å². The van der Waals surface area contributed by atoms with Crippen LogP contribution in [0.3, 0.4) is 0 Å². The van der Waals surface area contributed by atoms with Gasteiger partial charge in [-0.25, -0.2) is 4.98 Å². The van der Waals surface area contributed by atoms with E-state index in [0.29, 0.717) is 13.0 Å². The maximum atomic E-state index is 11.7. The summed E-state index contributed by atoms with van der Waals surface area (Å²) >= 11 is 1.58. The molecule has 2 rings (SSSR count). The first kappa shape index (κ1) is 14.7. The third kappa shape index (κ3) is 4.15. The van der Waals surface area contributed by atoms with E-state index in [1.165, 1.54) is 5.56 Å². The molecule has 1 aromatic carbocycles. The molecule has 1 heterocycles. The Kier molecular flexibility index (Phi) is 5.26. The Morgan fingerprint density at radius 3 is 2.95 bits per heavy atom. The Balaban J connectivity index is 1.97. The smallest absolute Gasteiger partial charge is 0.226 e. The van der Waals surface area contributed by atoms with Crippen molar-refractivity contribution in [2.24, 2.45) is 0 Å². The molecule has 0 radical (unpaired) electrons. The second-order valence-corrected chi connectivity index (χ2v) is 5.50. The molecule has 0 aliphatic rings. The van der Waals surface area contributed by atoms with E-state index < -0.39 is 0 Å². The van der Waals surface area contributed by atoms with Gasteiger partial charge in [0.25, 0.3) is 0 Å². The van der Waals surface area contributed by atoms with Gasteiger partial charge in [0.05, 0.1) is 12.1 Å². The Morgan fingerprint density at radius 1 is 1.35 bits per heavy atom. The van der Waals surface area contributed by atoms with Gasteiger partial charge in [0, 0.05) is 24.0 Å². The molecule has 20 heavy (non-hydrogen) atoms. The number of thiazole rings is 1. The lowest BCUT2D eigenvalue weighted by Gasteiger charge is -2.02. The highest BCUT2D eigenvalue weighted by atomic mass is 32.1.